The SMILES string of the molecule is CC1(C)[C@H]2C=C(SC[C@H](O)c3ccccc3)[C@]1(C)CC2. The Kier molecular flexibility index (Phi) is 3.50. The number of hydrogen-bond donors (Lipinski definition) is 1. The topological polar surface area (TPSA) is 20.2 Å². The van der Waals surface area contributed by atoms with Crippen molar-refractivity contribution >= 4 is 11.8 Å². The highest BCUT2D eigenvalue weighted by Gasteiger charge is 2.57. The molecule has 2 bridgehead atoms. The zero-order valence-electron chi connectivity index (χ0n) is 12.6. The standard InChI is InChI=1S/C18H24OS/c1-17(2)14-9-10-18(17,3)16(11-14)20-12-15(19)13-7-5-4-6-8-13/h4-8,11,14-15,19H,9-10,12H2,1-3H3/t14-,15+,18+/m1/s1. The first kappa shape index (κ1) is 14.2. The number of rotatable bonds is 4. The number of fused-ring (bicyclic) bond motifs is 2. The van der Waals surface area contributed by atoms with Gasteiger partial charge in [0.05, 0.1) is 6.10 Å². The molecule has 1 nitrogen and oxygen atoms in total. The van der Waals surface area contributed by atoms with Crippen LogP contribution in [-0.4, -0.2) is 10.9 Å². The molecule has 20 heavy (non-hydrogen) atoms. The summed E-state index contributed by atoms with van der Waals surface area (Å²) in [5.41, 5.74) is 1.72. The molecular weight excluding hydrogens is 264 g/mol. The van der Waals surface area contributed by atoms with E-state index in [1.54, 1.807) is 0 Å². The molecule has 1 aromatic rings. The second-order valence-corrected chi connectivity index (χ2v) is 8.03. The van der Waals surface area contributed by atoms with E-state index in [0.717, 1.165) is 17.2 Å². The molecular formula is C18H24OS. The van der Waals surface area contributed by atoms with Crippen LogP contribution >= 0.6 is 11.8 Å². The Morgan fingerprint density at radius 1 is 1.25 bits per heavy atom. The van der Waals surface area contributed by atoms with Crippen LogP contribution in [0.3, 0.4) is 0 Å². The summed E-state index contributed by atoms with van der Waals surface area (Å²) in [4.78, 5) is 1.51. The summed E-state index contributed by atoms with van der Waals surface area (Å²) in [6, 6.07) is 9.98. The van der Waals surface area contributed by atoms with E-state index < -0.39 is 0 Å². The maximum atomic E-state index is 10.3. The van der Waals surface area contributed by atoms with Gasteiger partial charge in [-0.15, -0.1) is 11.8 Å². The molecule has 1 fully saturated rings. The summed E-state index contributed by atoms with van der Waals surface area (Å²) in [6.07, 6.45) is 4.74. The van der Waals surface area contributed by atoms with Gasteiger partial charge in [0.25, 0.3) is 0 Å². The highest BCUT2D eigenvalue weighted by atomic mass is 32.2. The molecule has 108 valence electrons. The lowest BCUT2D eigenvalue weighted by Crippen LogP contribution is -2.29. The monoisotopic (exact) mass is 288 g/mol. The summed E-state index contributed by atoms with van der Waals surface area (Å²) in [5, 5.41) is 10.3. The van der Waals surface area contributed by atoms with Crippen molar-refractivity contribution in [1.82, 2.24) is 0 Å². The van der Waals surface area contributed by atoms with Gasteiger partial charge in [0, 0.05) is 11.2 Å². The average molecular weight is 288 g/mol. The first-order valence-electron chi connectivity index (χ1n) is 7.53. The fourth-order valence-corrected chi connectivity index (χ4v) is 5.26. The predicted octanol–water partition coefficient (Wildman–Crippen LogP) is 4.79. The first-order valence-corrected chi connectivity index (χ1v) is 8.52. The molecule has 1 saturated carbocycles. The number of hydrogen-bond acceptors (Lipinski definition) is 2. The van der Waals surface area contributed by atoms with Crippen molar-refractivity contribution in [2.45, 2.75) is 39.7 Å². The predicted molar refractivity (Wildman–Crippen MR) is 86.6 cm³/mol. The number of aliphatic hydroxyl groups is 1. The third-order valence-corrected chi connectivity index (χ3v) is 7.16. The maximum Gasteiger partial charge on any atom is 0.0883 e. The van der Waals surface area contributed by atoms with Gasteiger partial charge in [0.15, 0.2) is 0 Å². The molecule has 3 atom stereocenters. The molecule has 0 unspecified atom stereocenters. The van der Waals surface area contributed by atoms with Crippen LogP contribution in [0.4, 0.5) is 0 Å². The minimum absolute atomic E-state index is 0.318. The average Bonchev–Trinajstić information content (AvgIpc) is 2.78. The second-order valence-electron chi connectivity index (χ2n) is 6.97. The van der Waals surface area contributed by atoms with E-state index in [2.05, 4.69) is 26.8 Å². The minimum Gasteiger partial charge on any atom is -0.388 e. The van der Waals surface area contributed by atoms with Crippen molar-refractivity contribution in [1.29, 1.82) is 0 Å². The summed E-state index contributed by atoms with van der Waals surface area (Å²) in [5.74, 6) is 1.48. The lowest BCUT2D eigenvalue weighted by molar-refractivity contribution is 0.178. The molecule has 0 radical (unpaired) electrons. The molecule has 2 aliphatic carbocycles. The minimum atomic E-state index is -0.368. The molecule has 1 N–H and O–H groups in total. The van der Waals surface area contributed by atoms with Crippen molar-refractivity contribution in [3.8, 4) is 0 Å². The van der Waals surface area contributed by atoms with Crippen LogP contribution in [-0.2, 0) is 0 Å². The van der Waals surface area contributed by atoms with Gasteiger partial charge in [-0.25, -0.2) is 0 Å². The van der Waals surface area contributed by atoms with Gasteiger partial charge >= 0.3 is 0 Å². The Bertz CT molecular complexity index is 519. The van der Waals surface area contributed by atoms with Crippen molar-refractivity contribution in [2.75, 3.05) is 5.75 Å². The van der Waals surface area contributed by atoms with Crippen LogP contribution in [0.1, 0.15) is 45.3 Å². The smallest absolute Gasteiger partial charge is 0.0883 e. The zero-order chi connectivity index (χ0) is 14.4. The third-order valence-electron chi connectivity index (χ3n) is 5.78. The lowest BCUT2D eigenvalue weighted by Gasteiger charge is -2.37. The summed E-state index contributed by atoms with van der Waals surface area (Å²) < 4.78 is 0. The third kappa shape index (κ3) is 2.05. The fourth-order valence-electron chi connectivity index (χ4n) is 3.78. The zero-order valence-corrected chi connectivity index (χ0v) is 13.4. The highest BCUT2D eigenvalue weighted by Crippen LogP contribution is 2.67. The van der Waals surface area contributed by atoms with Crippen molar-refractivity contribution in [3.05, 3.63) is 46.9 Å². The molecule has 3 rings (SSSR count). The van der Waals surface area contributed by atoms with E-state index in [0.29, 0.717) is 10.8 Å². The molecule has 0 aromatic heterocycles. The lowest BCUT2D eigenvalue weighted by atomic mass is 9.70. The van der Waals surface area contributed by atoms with Gasteiger partial charge in [0.1, 0.15) is 0 Å². The van der Waals surface area contributed by atoms with E-state index in [1.165, 1.54) is 17.7 Å². The van der Waals surface area contributed by atoms with Gasteiger partial charge in [-0.1, -0.05) is 57.2 Å². The van der Waals surface area contributed by atoms with Crippen molar-refractivity contribution in [3.63, 3.8) is 0 Å². The van der Waals surface area contributed by atoms with Crippen molar-refractivity contribution in [2.24, 2.45) is 16.7 Å². The van der Waals surface area contributed by atoms with Crippen LogP contribution in [0.15, 0.2) is 41.3 Å². The van der Waals surface area contributed by atoms with Gasteiger partial charge in [-0.3, -0.25) is 0 Å². The summed E-state index contributed by atoms with van der Waals surface area (Å²) in [6.45, 7) is 7.22. The normalized spacial score (nSPS) is 32.2. The van der Waals surface area contributed by atoms with Crippen LogP contribution < -0.4 is 0 Å². The van der Waals surface area contributed by atoms with Crippen LogP contribution in [0.25, 0.3) is 0 Å². The quantitative estimate of drug-likeness (QED) is 0.859. The van der Waals surface area contributed by atoms with E-state index in [9.17, 15) is 5.11 Å². The largest absolute Gasteiger partial charge is 0.388 e. The Morgan fingerprint density at radius 3 is 2.50 bits per heavy atom. The van der Waals surface area contributed by atoms with Crippen molar-refractivity contribution < 1.29 is 5.11 Å². The fraction of sp³-hybridized carbons (Fsp3) is 0.556. The van der Waals surface area contributed by atoms with E-state index in [1.807, 2.05) is 42.1 Å². The van der Waals surface area contributed by atoms with Crippen LogP contribution in [0.2, 0.25) is 0 Å². The maximum absolute atomic E-state index is 10.3. The number of allylic oxidation sites excluding steroid dienone is 2. The molecule has 2 aliphatic rings. The van der Waals surface area contributed by atoms with Crippen LogP contribution in [0, 0.1) is 16.7 Å². The Morgan fingerprint density at radius 2 is 1.95 bits per heavy atom. The molecule has 0 amide bonds. The molecule has 0 heterocycles. The molecule has 0 spiro atoms. The highest BCUT2D eigenvalue weighted by molar-refractivity contribution is 8.03. The summed E-state index contributed by atoms with van der Waals surface area (Å²) >= 11 is 1.86. The van der Waals surface area contributed by atoms with E-state index >= 15 is 0 Å². The second kappa shape index (κ2) is 4.92. The Balaban J connectivity index is 1.67. The Hall–Kier alpha value is -0.730. The molecule has 1 aromatic carbocycles. The van der Waals surface area contributed by atoms with Gasteiger partial charge in [-0.05, 0) is 34.6 Å². The number of aliphatic hydroxyl groups excluding tert-OH is 1. The first-order chi connectivity index (χ1) is 9.45. The van der Waals surface area contributed by atoms with E-state index in [-0.39, 0.29) is 6.10 Å². The van der Waals surface area contributed by atoms with Gasteiger partial charge in [-0.2, -0.15) is 0 Å². The summed E-state index contributed by atoms with van der Waals surface area (Å²) in [7, 11) is 0. The molecule has 2 heteroatoms. The number of thioether (sulfide) groups is 1. The Labute approximate surface area is 126 Å². The van der Waals surface area contributed by atoms with Crippen LogP contribution in [0.5, 0.6) is 0 Å². The van der Waals surface area contributed by atoms with Gasteiger partial charge in [0.2, 0.25) is 0 Å². The molecule has 0 saturated heterocycles. The van der Waals surface area contributed by atoms with Gasteiger partial charge < -0.3 is 5.11 Å². The number of benzene rings is 1. The molecule has 0 aliphatic heterocycles. The van der Waals surface area contributed by atoms with E-state index in [4.69, 9.17) is 0 Å².